The second-order valence-electron chi connectivity index (χ2n) is 3.89. The summed E-state index contributed by atoms with van der Waals surface area (Å²) in [7, 11) is 0. The van der Waals surface area contributed by atoms with E-state index in [0.29, 0.717) is 6.04 Å². The van der Waals surface area contributed by atoms with E-state index in [1.807, 2.05) is 0 Å². The number of thiophene rings is 1. The largest absolute Gasteiger partial charge is 0.359 e. The molecule has 3 rings (SSSR count). The average molecular weight is 236 g/mol. The first-order valence-electron chi connectivity index (χ1n) is 5.09. The molecule has 2 aromatic rings. The molecule has 2 heterocycles. The summed E-state index contributed by atoms with van der Waals surface area (Å²) in [6, 6.07) is 2.83. The summed E-state index contributed by atoms with van der Waals surface area (Å²) in [5.74, 6) is 0. The van der Waals surface area contributed by atoms with Gasteiger partial charge in [-0.25, -0.2) is 4.98 Å². The molecule has 1 aliphatic carbocycles. The summed E-state index contributed by atoms with van der Waals surface area (Å²) >= 11 is 3.48. The van der Waals surface area contributed by atoms with Crippen LogP contribution in [0.4, 0.5) is 5.13 Å². The molecule has 0 amide bonds. The number of nitrogens with zero attached hydrogens (tertiary/aromatic N) is 1. The lowest BCUT2D eigenvalue weighted by atomic mass is 10.2. The van der Waals surface area contributed by atoms with Crippen molar-refractivity contribution in [3.05, 3.63) is 22.4 Å². The molecule has 0 atom stereocenters. The van der Waals surface area contributed by atoms with Crippen molar-refractivity contribution in [3.63, 3.8) is 0 Å². The van der Waals surface area contributed by atoms with Crippen LogP contribution in [0.2, 0.25) is 0 Å². The van der Waals surface area contributed by atoms with Gasteiger partial charge in [0.05, 0.1) is 10.6 Å². The predicted molar refractivity (Wildman–Crippen MR) is 66.8 cm³/mol. The third kappa shape index (κ3) is 1.92. The molecule has 78 valence electrons. The Morgan fingerprint density at radius 2 is 2.27 bits per heavy atom. The molecule has 1 aliphatic rings. The Labute approximate surface area is 97.0 Å². The van der Waals surface area contributed by atoms with Gasteiger partial charge in [0, 0.05) is 11.4 Å². The molecule has 4 heteroatoms. The maximum Gasteiger partial charge on any atom is 0.183 e. The van der Waals surface area contributed by atoms with Crippen molar-refractivity contribution < 1.29 is 0 Å². The average Bonchev–Trinajstić information content (AvgIpc) is 2.74. The van der Waals surface area contributed by atoms with Gasteiger partial charge in [0.1, 0.15) is 0 Å². The normalized spacial score (nSPS) is 15.5. The fourth-order valence-electron chi connectivity index (χ4n) is 1.48. The van der Waals surface area contributed by atoms with Gasteiger partial charge >= 0.3 is 0 Å². The van der Waals surface area contributed by atoms with E-state index < -0.39 is 0 Å². The number of anilines is 1. The molecule has 2 nitrogen and oxygen atoms in total. The van der Waals surface area contributed by atoms with Crippen LogP contribution < -0.4 is 5.32 Å². The number of rotatable bonds is 3. The first-order valence-corrected chi connectivity index (χ1v) is 6.85. The Balaban J connectivity index is 1.86. The Morgan fingerprint density at radius 3 is 2.93 bits per heavy atom. The Hall–Kier alpha value is -0.870. The van der Waals surface area contributed by atoms with Crippen molar-refractivity contribution in [1.29, 1.82) is 0 Å². The highest BCUT2D eigenvalue weighted by Gasteiger charge is 2.22. The van der Waals surface area contributed by atoms with Crippen molar-refractivity contribution in [2.24, 2.45) is 0 Å². The number of thiazole rings is 1. The van der Waals surface area contributed by atoms with Crippen LogP contribution in [0.3, 0.4) is 0 Å². The van der Waals surface area contributed by atoms with Gasteiger partial charge in [-0.1, -0.05) is 0 Å². The Bertz CT molecular complexity index is 468. The summed E-state index contributed by atoms with van der Waals surface area (Å²) in [5.41, 5.74) is 2.44. The number of hydrogen-bond donors (Lipinski definition) is 1. The van der Waals surface area contributed by atoms with Gasteiger partial charge < -0.3 is 5.32 Å². The van der Waals surface area contributed by atoms with Crippen LogP contribution in [0.1, 0.15) is 18.4 Å². The van der Waals surface area contributed by atoms with E-state index in [1.54, 1.807) is 22.7 Å². The highest BCUT2D eigenvalue weighted by atomic mass is 32.1. The molecule has 0 spiro atoms. The van der Waals surface area contributed by atoms with Gasteiger partial charge in [-0.05, 0) is 36.8 Å². The molecule has 0 unspecified atom stereocenters. The molecule has 0 aromatic carbocycles. The van der Waals surface area contributed by atoms with E-state index in [-0.39, 0.29) is 0 Å². The van der Waals surface area contributed by atoms with Crippen molar-refractivity contribution in [2.75, 3.05) is 5.32 Å². The van der Waals surface area contributed by atoms with Crippen molar-refractivity contribution in [1.82, 2.24) is 4.98 Å². The highest BCUT2D eigenvalue weighted by Crippen LogP contribution is 2.33. The summed E-state index contributed by atoms with van der Waals surface area (Å²) < 4.78 is 0. The van der Waals surface area contributed by atoms with Gasteiger partial charge in [0.2, 0.25) is 0 Å². The summed E-state index contributed by atoms with van der Waals surface area (Å²) in [4.78, 5) is 5.91. The number of aromatic nitrogens is 1. The number of aryl methyl sites for hydroxylation is 1. The van der Waals surface area contributed by atoms with Crippen LogP contribution in [0.15, 0.2) is 16.8 Å². The smallest absolute Gasteiger partial charge is 0.183 e. The van der Waals surface area contributed by atoms with Crippen molar-refractivity contribution in [3.8, 4) is 10.6 Å². The molecular formula is C11H12N2S2. The maximum atomic E-state index is 4.61. The SMILES string of the molecule is Cc1ccsc1-c1csc(NC2CC2)n1. The summed E-state index contributed by atoms with van der Waals surface area (Å²) in [6.07, 6.45) is 2.60. The second kappa shape index (κ2) is 3.61. The topological polar surface area (TPSA) is 24.9 Å². The van der Waals surface area contributed by atoms with E-state index in [4.69, 9.17) is 0 Å². The molecule has 0 aliphatic heterocycles. The van der Waals surface area contributed by atoms with Gasteiger partial charge in [-0.15, -0.1) is 22.7 Å². The van der Waals surface area contributed by atoms with Crippen LogP contribution in [-0.4, -0.2) is 11.0 Å². The van der Waals surface area contributed by atoms with Gasteiger partial charge in [-0.2, -0.15) is 0 Å². The van der Waals surface area contributed by atoms with Crippen LogP contribution in [-0.2, 0) is 0 Å². The van der Waals surface area contributed by atoms with Crippen molar-refractivity contribution in [2.45, 2.75) is 25.8 Å². The number of hydrogen-bond acceptors (Lipinski definition) is 4. The van der Waals surface area contributed by atoms with E-state index in [1.165, 1.54) is 23.3 Å². The first kappa shape index (κ1) is 9.36. The molecule has 1 fully saturated rings. The minimum absolute atomic E-state index is 0.688. The second-order valence-corrected chi connectivity index (χ2v) is 5.66. The lowest BCUT2D eigenvalue weighted by molar-refractivity contribution is 1.14. The van der Waals surface area contributed by atoms with E-state index >= 15 is 0 Å². The van der Waals surface area contributed by atoms with Gasteiger partial charge in [-0.3, -0.25) is 0 Å². The highest BCUT2D eigenvalue weighted by molar-refractivity contribution is 7.16. The number of nitrogens with one attached hydrogen (secondary N) is 1. The fraction of sp³-hybridized carbons (Fsp3) is 0.364. The molecule has 0 radical (unpaired) electrons. The first-order chi connectivity index (χ1) is 7.33. The third-order valence-corrected chi connectivity index (χ3v) is 4.32. The van der Waals surface area contributed by atoms with Crippen LogP contribution in [0.25, 0.3) is 10.6 Å². The van der Waals surface area contributed by atoms with Crippen molar-refractivity contribution >= 4 is 27.8 Å². The predicted octanol–water partition coefficient (Wildman–Crippen LogP) is 3.75. The minimum Gasteiger partial charge on any atom is -0.359 e. The van der Waals surface area contributed by atoms with Crippen LogP contribution in [0, 0.1) is 6.92 Å². The molecular weight excluding hydrogens is 224 g/mol. The molecule has 2 aromatic heterocycles. The zero-order chi connectivity index (χ0) is 10.3. The summed E-state index contributed by atoms with van der Waals surface area (Å²) in [6.45, 7) is 2.14. The monoisotopic (exact) mass is 236 g/mol. The minimum atomic E-state index is 0.688. The molecule has 0 saturated heterocycles. The molecule has 0 bridgehead atoms. The standard InChI is InChI=1S/C11H12N2S2/c1-7-4-5-14-10(7)9-6-15-11(13-9)12-8-2-3-8/h4-6,8H,2-3H2,1H3,(H,12,13). The lowest BCUT2D eigenvalue weighted by Crippen LogP contribution is -1.99. The van der Waals surface area contributed by atoms with E-state index in [2.05, 4.69) is 34.1 Å². The Morgan fingerprint density at radius 1 is 1.40 bits per heavy atom. The zero-order valence-electron chi connectivity index (χ0n) is 8.49. The van der Waals surface area contributed by atoms with E-state index in [0.717, 1.165) is 10.8 Å². The fourth-order valence-corrected chi connectivity index (χ4v) is 3.22. The summed E-state index contributed by atoms with van der Waals surface area (Å²) in [5, 5.41) is 8.76. The van der Waals surface area contributed by atoms with Gasteiger partial charge in [0.15, 0.2) is 5.13 Å². The van der Waals surface area contributed by atoms with Crippen LogP contribution in [0.5, 0.6) is 0 Å². The van der Waals surface area contributed by atoms with Crippen LogP contribution >= 0.6 is 22.7 Å². The zero-order valence-corrected chi connectivity index (χ0v) is 10.1. The Kier molecular flexibility index (Phi) is 2.25. The molecule has 1 saturated carbocycles. The van der Waals surface area contributed by atoms with Gasteiger partial charge in [0.25, 0.3) is 0 Å². The van der Waals surface area contributed by atoms with E-state index in [9.17, 15) is 0 Å². The maximum absolute atomic E-state index is 4.61. The third-order valence-electron chi connectivity index (χ3n) is 2.50. The quantitative estimate of drug-likeness (QED) is 0.877. The molecule has 15 heavy (non-hydrogen) atoms. The molecule has 1 N–H and O–H groups in total. The lowest BCUT2D eigenvalue weighted by Gasteiger charge is -1.96.